The molecule has 3 aliphatic rings. The van der Waals surface area contributed by atoms with Gasteiger partial charge in [-0.3, -0.25) is 4.98 Å². The highest BCUT2D eigenvalue weighted by atomic mass is 19.1. The van der Waals surface area contributed by atoms with Crippen LogP contribution in [0.1, 0.15) is 64.4 Å². The minimum atomic E-state index is -0.0602. The molecule has 31 heavy (non-hydrogen) atoms. The van der Waals surface area contributed by atoms with Crippen LogP contribution in [0.5, 0.6) is 0 Å². The first-order valence-corrected chi connectivity index (χ1v) is 11.4. The summed E-state index contributed by atoms with van der Waals surface area (Å²) in [5, 5.41) is 0. The van der Waals surface area contributed by atoms with Crippen LogP contribution in [0.15, 0.2) is 71.6 Å². The molecule has 1 aromatic heterocycles. The molecule has 0 atom stereocenters. The molecule has 4 rings (SSSR count). The van der Waals surface area contributed by atoms with Crippen LogP contribution in [0, 0.1) is 0 Å². The Bertz CT molecular complexity index is 802. The van der Waals surface area contributed by atoms with Gasteiger partial charge in [-0.1, -0.05) is 24.5 Å². The summed E-state index contributed by atoms with van der Waals surface area (Å²) in [5.74, 6) is -0.0602. The third kappa shape index (κ3) is 6.62. The zero-order valence-corrected chi connectivity index (χ0v) is 19.4. The third-order valence-corrected chi connectivity index (χ3v) is 6.13. The van der Waals surface area contributed by atoms with Crippen molar-refractivity contribution in [3.63, 3.8) is 0 Å². The number of aryl methyl sites for hydroxylation is 1. The SMILES string of the molecule is C/C=C1/C2=C\C(F)=C/CC3(CCCC3)N1C=C(C)C2.CN.NCCCc1ccncc1. The summed E-state index contributed by atoms with van der Waals surface area (Å²) < 4.78 is 14.0. The summed E-state index contributed by atoms with van der Waals surface area (Å²) >= 11 is 0. The van der Waals surface area contributed by atoms with E-state index >= 15 is 0 Å². The van der Waals surface area contributed by atoms with E-state index in [0.717, 1.165) is 37.8 Å². The summed E-state index contributed by atoms with van der Waals surface area (Å²) in [4.78, 5) is 6.37. The van der Waals surface area contributed by atoms with Gasteiger partial charge < -0.3 is 16.4 Å². The van der Waals surface area contributed by atoms with E-state index in [-0.39, 0.29) is 11.4 Å². The van der Waals surface area contributed by atoms with Gasteiger partial charge in [0.2, 0.25) is 0 Å². The largest absolute Gasteiger partial charge is 0.342 e. The van der Waals surface area contributed by atoms with Crippen molar-refractivity contribution >= 4 is 0 Å². The van der Waals surface area contributed by atoms with E-state index in [1.165, 1.54) is 49.6 Å². The Morgan fingerprint density at radius 1 is 1.19 bits per heavy atom. The standard InChI is InChI=1S/C17H22FN.C8H12N2.CH5N/c1-3-16-14-10-13(2)12-19(16)17(7-4-5-8-17)9-6-15(18)11-14;9-5-1-2-8-3-6-10-7-4-8;1-2/h3,6,11-12H,4-5,7-10H2,1-2H3;3-4,6-7H,1-2,5,9H2;2H2,1H3/b14-11-,15-6+,16-3-;;. The average molecular weight is 427 g/mol. The van der Waals surface area contributed by atoms with Gasteiger partial charge in [0.05, 0.1) is 0 Å². The molecule has 4 N–H and O–H groups in total. The fraction of sp³-hybridized carbons (Fsp3) is 0.500. The second-order valence-electron chi connectivity index (χ2n) is 8.34. The van der Waals surface area contributed by atoms with Gasteiger partial charge in [-0.15, -0.1) is 0 Å². The fourth-order valence-electron chi connectivity index (χ4n) is 4.67. The molecular formula is C26H39FN4. The van der Waals surface area contributed by atoms with Gasteiger partial charge in [0, 0.05) is 29.8 Å². The number of nitrogens with two attached hydrogens (primary N) is 2. The highest BCUT2D eigenvalue weighted by molar-refractivity contribution is 5.44. The van der Waals surface area contributed by atoms with Gasteiger partial charge in [-0.2, -0.15) is 0 Å². The number of hydrogen-bond acceptors (Lipinski definition) is 4. The molecule has 0 aromatic carbocycles. The van der Waals surface area contributed by atoms with Crippen molar-refractivity contribution in [2.45, 2.75) is 70.8 Å². The van der Waals surface area contributed by atoms with Crippen molar-refractivity contribution in [3.05, 3.63) is 77.2 Å². The number of rotatable bonds is 3. The lowest BCUT2D eigenvalue weighted by atomic mass is 9.84. The summed E-state index contributed by atoms with van der Waals surface area (Å²) in [7, 11) is 1.50. The van der Waals surface area contributed by atoms with E-state index in [0.29, 0.717) is 0 Å². The number of pyridine rings is 1. The lowest BCUT2D eigenvalue weighted by Gasteiger charge is -2.45. The van der Waals surface area contributed by atoms with E-state index in [2.05, 4.69) is 41.7 Å². The molecule has 1 aromatic rings. The van der Waals surface area contributed by atoms with Gasteiger partial charge in [0.25, 0.3) is 0 Å². The number of fused-ring (bicyclic) bond motifs is 3. The van der Waals surface area contributed by atoms with Gasteiger partial charge in [-0.25, -0.2) is 4.39 Å². The molecule has 4 nitrogen and oxygen atoms in total. The molecule has 0 radical (unpaired) electrons. The van der Waals surface area contributed by atoms with Crippen LogP contribution in [0.25, 0.3) is 0 Å². The van der Waals surface area contributed by atoms with E-state index < -0.39 is 0 Å². The molecule has 2 aliphatic heterocycles. The molecule has 1 saturated carbocycles. The maximum Gasteiger partial charge on any atom is 0.119 e. The fourth-order valence-corrected chi connectivity index (χ4v) is 4.67. The Kier molecular flexibility index (Phi) is 10.2. The van der Waals surface area contributed by atoms with Crippen LogP contribution < -0.4 is 11.5 Å². The number of halogens is 1. The Labute approximate surface area is 187 Å². The van der Waals surface area contributed by atoms with Crippen molar-refractivity contribution in [2.75, 3.05) is 13.6 Å². The maximum atomic E-state index is 14.0. The van der Waals surface area contributed by atoms with Gasteiger partial charge in [-0.05, 0) is 101 Å². The molecule has 2 bridgehead atoms. The van der Waals surface area contributed by atoms with E-state index in [9.17, 15) is 4.39 Å². The van der Waals surface area contributed by atoms with Gasteiger partial charge >= 0.3 is 0 Å². The summed E-state index contributed by atoms with van der Waals surface area (Å²) in [6.45, 7) is 4.98. The third-order valence-electron chi connectivity index (χ3n) is 6.13. The summed E-state index contributed by atoms with van der Waals surface area (Å²) in [5.41, 5.74) is 15.0. The molecule has 0 amide bonds. The normalized spacial score (nSPS) is 23.7. The van der Waals surface area contributed by atoms with Crippen molar-refractivity contribution < 1.29 is 4.39 Å². The molecule has 3 heterocycles. The van der Waals surface area contributed by atoms with Crippen LogP contribution in [-0.4, -0.2) is 29.0 Å². The van der Waals surface area contributed by atoms with Crippen LogP contribution >= 0.6 is 0 Å². The lowest BCUT2D eigenvalue weighted by Crippen LogP contribution is -2.44. The van der Waals surface area contributed by atoms with Crippen molar-refractivity contribution in [2.24, 2.45) is 11.5 Å². The summed E-state index contributed by atoms with van der Waals surface area (Å²) in [6, 6.07) is 4.05. The minimum absolute atomic E-state index is 0.0602. The lowest BCUT2D eigenvalue weighted by molar-refractivity contribution is 0.189. The summed E-state index contributed by atoms with van der Waals surface area (Å²) in [6.07, 6.45) is 20.3. The van der Waals surface area contributed by atoms with E-state index in [1.807, 2.05) is 24.5 Å². The molecular weight excluding hydrogens is 387 g/mol. The van der Waals surface area contributed by atoms with E-state index in [4.69, 9.17) is 5.73 Å². The Hall–Kier alpha value is -2.24. The smallest absolute Gasteiger partial charge is 0.119 e. The second-order valence-corrected chi connectivity index (χ2v) is 8.34. The minimum Gasteiger partial charge on any atom is -0.342 e. The molecule has 1 aliphatic carbocycles. The molecule has 5 heteroatoms. The topological polar surface area (TPSA) is 68.2 Å². The quantitative estimate of drug-likeness (QED) is 0.665. The first-order valence-electron chi connectivity index (χ1n) is 11.4. The van der Waals surface area contributed by atoms with E-state index in [1.54, 1.807) is 12.2 Å². The van der Waals surface area contributed by atoms with Crippen LogP contribution in [-0.2, 0) is 6.42 Å². The Morgan fingerprint density at radius 3 is 2.48 bits per heavy atom. The number of allylic oxidation sites excluding steroid dienone is 5. The zero-order valence-electron chi connectivity index (χ0n) is 19.4. The zero-order chi connectivity index (χ0) is 22.7. The molecule has 1 spiro atoms. The molecule has 0 unspecified atom stereocenters. The predicted molar refractivity (Wildman–Crippen MR) is 129 cm³/mol. The highest BCUT2D eigenvalue weighted by Gasteiger charge is 2.41. The molecule has 170 valence electrons. The maximum absolute atomic E-state index is 14.0. The first-order chi connectivity index (χ1) is 15.1. The molecule has 0 saturated heterocycles. The van der Waals surface area contributed by atoms with Crippen molar-refractivity contribution in [1.29, 1.82) is 0 Å². The number of nitrogens with zero attached hydrogens (tertiary/aromatic N) is 2. The van der Waals surface area contributed by atoms with Crippen LogP contribution in [0.2, 0.25) is 0 Å². The Morgan fingerprint density at radius 2 is 1.87 bits per heavy atom. The van der Waals surface area contributed by atoms with Crippen LogP contribution in [0.3, 0.4) is 0 Å². The monoisotopic (exact) mass is 426 g/mol. The van der Waals surface area contributed by atoms with Crippen LogP contribution in [0.4, 0.5) is 4.39 Å². The van der Waals surface area contributed by atoms with Crippen molar-refractivity contribution in [1.82, 2.24) is 9.88 Å². The van der Waals surface area contributed by atoms with Gasteiger partial charge in [0.1, 0.15) is 5.83 Å². The average Bonchev–Trinajstić information content (AvgIpc) is 3.28. The Balaban J connectivity index is 0.000000241. The molecule has 1 fully saturated rings. The predicted octanol–water partition coefficient (Wildman–Crippen LogP) is 5.54. The second kappa shape index (κ2) is 12.6. The number of aromatic nitrogens is 1. The first kappa shape index (κ1) is 25.0. The van der Waals surface area contributed by atoms with Crippen molar-refractivity contribution in [3.8, 4) is 0 Å². The highest BCUT2D eigenvalue weighted by Crippen LogP contribution is 2.46. The van der Waals surface area contributed by atoms with Gasteiger partial charge in [0.15, 0.2) is 0 Å². The number of hydrogen-bond donors (Lipinski definition) is 2.